The number of carbonyl (C=O) groups is 2. The van der Waals surface area contributed by atoms with Crippen LogP contribution in [0.4, 0.5) is 5.95 Å². The highest BCUT2D eigenvalue weighted by Crippen LogP contribution is 2.34. The molecule has 0 spiro atoms. The van der Waals surface area contributed by atoms with Crippen molar-refractivity contribution < 1.29 is 9.59 Å². The SMILES string of the molecule is CCN(CC)[C@@H](C(=O)N1CCC[C@H]1C1=NCC(c2ccc(-c3ccc(-c4cnc([C@@H]5CCCN5C(=O)[C@@H](Nc5ncccn5)C(C)C)[nH]4)cc3)cc2)N1)c1ccccc1. The smallest absolute Gasteiger partial charge is 0.246 e. The van der Waals surface area contributed by atoms with Crippen molar-refractivity contribution in [1.29, 1.82) is 0 Å². The number of aromatic amines is 1. The van der Waals surface area contributed by atoms with Crippen molar-refractivity contribution in [2.45, 2.75) is 83.6 Å². The van der Waals surface area contributed by atoms with Crippen LogP contribution in [0, 0.1) is 5.92 Å². The maximum atomic E-state index is 14.3. The van der Waals surface area contributed by atoms with Gasteiger partial charge in [-0.2, -0.15) is 0 Å². The molecule has 2 amide bonds. The molecule has 3 aliphatic heterocycles. The summed E-state index contributed by atoms with van der Waals surface area (Å²) in [7, 11) is 0. The first-order chi connectivity index (χ1) is 28.8. The number of nitrogens with one attached hydrogen (secondary N) is 3. The number of imidazole rings is 1. The van der Waals surface area contributed by atoms with Gasteiger partial charge < -0.3 is 25.4 Å². The number of amides is 2. The van der Waals surface area contributed by atoms with E-state index in [1.807, 2.05) is 43.1 Å². The molecule has 0 saturated carbocycles. The lowest BCUT2D eigenvalue weighted by Crippen LogP contribution is -2.49. The highest BCUT2D eigenvalue weighted by molar-refractivity contribution is 5.95. The molecule has 59 heavy (non-hydrogen) atoms. The largest absolute Gasteiger partial charge is 0.363 e. The number of hydrogen-bond donors (Lipinski definition) is 3. The zero-order valence-electron chi connectivity index (χ0n) is 34.6. The summed E-state index contributed by atoms with van der Waals surface area (Å²) in [5.41, 5.74) is 6.44. The van der Waals surface area contributed by atoms with Crippen LogP contribution in [-0.2, 0) is 9.59 Å². The second kappa shape index (κ2) is 17.9. The number of aromatic nitrogens is 4. The molecule has 0 radical (unpaired) electrons. The van der Waals surface area contributed by atoms with Crippen LogP contribution in [-0.4, -0.2) is 97.1 Å². The average Bonchev–Trinajstić information content (AvgIpc) is 4.12. The third-order valence-electron chi connectivity index (χ3n) is 12.2. The Morgan fingerprint density at radius 1 is 0.780 bits per heavy atom. The van der Waals surface area contributed by atoms with Crippen molar-refractivity contribution in [2.75, 3.05) is 38.0 Å². The topological polar surface area (TPSA) is 135 Å². The molecule has 3 aliphatic rings. The van der Waals surface area contributed by atoms with E-state index in [9.17, 15) is 9.59 Å². The zero-order valence-corrected chi connectivity index (χ0v) is 34.6. The fourth-order valence-electron chi connectivity index (χ4n) is 8.98. The molecule has 12 nitrogen and oxygen atoms in total. The third-order valence-corrected chi connectivity index (χ3v) is 12.2. The molecule has 306 valence electrons. The second-order valence-electron chi connectivity index (χ2n) is 16.2. The Hall–Kier alpha value is -5.88. The van der Waals surface area contributed by atoms with E-state index in [0.29, 0.717) is 19.0 Å². The van der Waals surface area contributed by atoms with Crippen molar-refractivity contribution in [2.24, 2.45) is 10.9 Å². The molecule has 5 aromatic rings. The summed E-state index contributed by atoms with van der Waals surface area (Å²) in [6, 6.07) is 28.4. The van der Waals surface area contributed by atoms with Gasteiger partial charge >= 0.3 is 0 Å². The molecule has 2 saturated heterocycles. The summed E-state index contributed by atoms with van der Waals surface area (Å²) in [5, 5.41) is 6.97. The molecule has 3 N–H and O–H groups in total. The lowest BCUT2D eigenvalue weighted by atomic mass is 9.99. The van der Waals surface area contributed by atoms with E-state index in [-0.39, 0.29) is 41.9 Å². The lowest BCUT2D eigenvalue weighted by molar-refractivity contribution is -0.137. The van der Waals surface area contributed by atoms with Crippen molar-refractivity contribution >= 4 is 23.6 Å². The minimum atomic E-state index is -0.439. The van der Waals surface area contributed by atoms with Crippen molar-refractivity contribution in [3.05, 3.63) is 120 Å². The maximum Gasteiger partial charge on any atom is 0.246 e. The Kier molecular flexibility index (Phi) is 12.1. The number of benzene rings is 3. The number of likely N-dealkylation sites (tertiary alicyclic amines) is 2. The number of likely N-dealkylation sites (N-methyl/N-ethyl adjacent to an activating group) is 1. The van der Waals surface area contributed by atoms with Gasteiger partial charge in [-0.25, -0.2) is 15.0 Å². The van der Waals surface area contributed by atoms with Crippen molar-refractivity contribution in [3.8, 4) is 22.4 Å². The van der Waals surface area contributed by atoms with E-state index in [1.165, 1.54) is 5.56 Å². The molecule has 2 fully saturated rings. The molecule has 0 aliphatic carbocycles. The molecule has 12 heteroatoms. The molecule has 5 atom stereocenters. The first-order valence-electron chi connectivity index (χ1n) is 21.3. The molecule has 5 heterocycles. The fourth-order valence-corrected chi connectivity index (χ4v) is 8.98. The Bertz CT molecular complexity index is 2200. The van der Waals surface area contributed by atoms with Gasteiger partial charge in [0.25, 0.3) is 0 Å². The molecule has 0 bridgehead atoms. The van der Waals surface area contributed by atoms with Gasteiger partial charge in [0, 0.05) is 25.5 Å². The zero-order chi connectivity index (χ0) is 40.9. The minimum Gasteiger partial charge on any atom is -0.363 e. The monoisotopic (exact) mass is 792 g/mol. The van der Waals surface area contributed by atoms with Gasteiger partial charge in [0.2, 0.25) is 17.8 Å². The van der Waals surface area contributed by atoms with E-state index in [4.69, 9.17) is 9.98 Å². The lowest BCUT2D eigenvalue weighted by Gasteiger charge is -2.35. The summed E-state index contributed by atoms with van der Waals surface area (Å²) in [6.45, 7) is 12.0. The van der Waals surface area contributed by atoms with Crippen molar-refractivity contribution in [3.63, 3.8) is 0 Å². The normalized spacial score (nSPS) is 20.2. The summed E-state index contributed by atoms with van der Waals surface area (Å²) < 4.78 is 0. The van der Waals surface area contributed by atoms with Gasteiger partial charge in [0.1, 0.15) is 23.7 Å². The highest BCUT2D eigenvalue weighted by Gasteiger charge is 2.40. The Labute approximate surface area is 347 Å². The number of aliphatic imine (C=N–C) groups is 1. The van der Waals surface area contributed by atoms with Gasteiger partial charge in [-0.3, -0.25) is 19.5 Å². The number of carbonyl (C=O) groups excluding carboxylic acids is 2. The Morgan fingerprint density at radius 3 is 2.07 bits per heavy atom. The third kappa shape index (κ3) is 8.50. The van der Waals surface area contributed by atoms with E-state index >= 15 is 0 Å². The van der Waals surface area contributed by atoms with Crippen LogP contribution in [0.3, 0.4) is 0 Å². The van der Waals surface area contributed by atoms with Crippen LogP contribution in [0.2, 0.25) is 0 Å². The fraction of sp³-hybridized carbons (Fsp3) is 0.404. The quantitative estimate of drug-likeness (QED) is 0.106. The number of rotatable bonds is 14. The van der Waals surface area contributed by atoms with E-state index < -0.39 is 6.04 Å². The molecule has 3 aromatic carbocycles. The number of hydrogen-bond acceptors (Lipinski definition) is 9. The van der Waals surface area contributed by atoms with E-state index in [0.717, 1.165) is 84.9 Å². The number of amidine groups is 1. The summed E-state index contributed by atoms with van der Waals surface area (Å²) in [5.74, 6) is 2.44. The summed E-state index contributed by atoms with van der Waals surface area (Å²) >= 11 is 0. The number of nitrogens with zero attached hydrogens (tertiary/aromatic N) is 7. The minimum absolute atomic E-state index is 0.0346. The van der Waals surface area contributed by atoms with E-state index in [1.54, 1.807) is 18.5 Å². The van der Waals surface area contributed by atoms with Crippen LogP contribution in [0.15, 0.2) is 109 Å². The van der Waals surface area contributed by atoms with Crippen LogP contribution >= 0.6 is 0 Å². The number of H-pyrrole nitrogens is 1. The first kappa shape index (κ1) is 39.9. The molecule has 2 aromatic heterocycles. The van der Waals surface area contributed by atoms with Crippen LogP contribution in [0.5, 0.6) is 0 Å². The van der Waals surface area contributed by atoms with Crippen LogP contribution < -0.4 is 10.6 Å². The Balaban J connectivity index is 0.893. The van der Waals surface area contributed by atoms with Crippen LogP contribution in [0.1, 0.15) is 88.5 Å². The Morgan fingerprint density at radius 2 is 1.41 bits per heavy atom. The molecular formula is C47H56N10O2. The second-order valence-corrected chi connectivity index (χ2v) is 16.2. The van der Waals surface area contributed by atoms with Gasteiger partial charge in [0.15, 0.2) is 0 Å². The van der Waals surface area contributed by atoms with Gasteiger partial charge in [0.05, 0.1) is 36.6 Å². The summed E-state index contributed by atoms with van der Waals surface area (Å²) in [6.07, 6.45) is 8.88. The maximum absolute atomic E-state index is 14.3. The van der Waals surface area contributed by atoms with E-state index in [2.05, 4.69) is 110 Å². The summed E-state index contributed by atoms with van der Waals surface area (Å²) in [4.78, 5) is 56.2. The van der Waals surface area contributed by atoms with Gasteiger partial charge in [-0.05, 0) is 78.6 Å². The number of anilines is 1. The molecule has 1 unspecified atom stereocenters. The average molecular weight is 793 g/mol. The molecular weight excluding hydrogens is 737 g/mol. The molecule has 8 rings (SSSR count). The van der Waals surface area contributed by atoms with Gasteiger partial charge in [-0.1, -0.05) is 107 Å². The van der Waals surface area contributed by atoms with Crippen molar-refractivity contribution in [1.82, 2.24) is 40.0 Å². The standard InChI is InChI=1S/C47H56N10O2/c1-5-55(6-2)42(36-13-8-7-9-14-36)46(59)57-28-11-16-40(57)44-51-30-38(53-44)35-23-19-33(20-24-35)32-17-21-34(22-18-32)37-29-50-43(52-37)39-15-10-27-56(39)45(58)41(31(3)4)54-47-48-25-12-26-49-47/h7-9,12-14,17-26,29,31,38-42H,5-6,10-11,15-16,27-28,30H2,1-4H3,(H,50,52)(H,51,53)(H,48,49,54)/t38?,39-,40-,41-,42+/m0/s1. The highest BCUT2D eigenvalue weighted by atomic mass is 16.2. The predicted octanol–water partition coefficient (Wildman–Crippen LogP) is 7.45. The van der Waals surface area contributed by atoms with Gasteiger partial charge in [-0.15, -0.1) is 0 Å². The first-order valence-corrected chi connectivity index (χ1v) is 21.3. The predicted molar refractivity (Wildman–Crippen MR) is 232 cm³/mol. The van der Waals surface area contributed by atoms with Crippen LogP contribution in [0.25, 0.3) is 22.4 Å².